The van der Waals surface area contributed by atoms with Crippen molar-refractivity contribution in [2.45, 2.75) is 32.5 Å². The van der Waals surface area contributed by atoms with Crippen LogP contribution in [0.2, 0.25) is 5.02 Å². The summed E-state index contributed by atoms with van der Waals surface area (Å²) in [5, 5.41) is 13.0. The average Bonchev–Trinajstić information content (AvgIpc) is 2.85. The lowest BCUT2D eigenvalue weighted by molar-refractivity contribution is -0.150. The summed E-state index contributed by atoms with van der Waals surface area (Å²) in [6, 6.07) is 12.3. The number of fused-ring (bicyclic) bond motifs is 1. The summed E-state index contributed by atoms with van der Waals surface area (Å²) in [6.45, 7) is 4.09. The van der Waals surface area contributed by atoms with Gasteiger partial charge in [0.15, 0.2) is 0 Å². The van der Waals surface area contributed by atoms with Crippen LogP contribution in [0.1, 0.15) is 43.1 Å². The summed E-state index contributed by atoms with van der Waals surface area (Å²) in [4.78, 5) is 24.8. The third-order valence-electron chi connectivity index (χ3n) is 4.56. The number of nitrogens with one attached hydrogen (secondary N) is 1. The molecule has 0 unspecified atom stereocenters. The molecule has 0 radical (unpaired) electrons. The van der Waals surface area contributed by atoms with Gasteiger partial charge in [0.05, 0.1) is 19.6 Å². The maximum Gasteiger partial charge on any atom is 0.308 e. The van der Waals surface area contributed by atoms with Gasteiger partial charge in [-0.3, -0.25) is 9.59 Å². The van der Waals surface area contributed by atoms with Gasteiger partial charge < -0.3 is 19.5 Å². The Labute approximate surface area is 179 Å². The SMILES string of the molecule is CCOC(=O)C[C@H]1O[C@H](c2cccc(OCC)c2C#N)c2cc(Cl)ccc2NC1=O. The van der Waals surface area contributed by atoms with Crippen LogP contribution in [0.3, 0.4) is 0 Å². The highest BCUT2D eigenvalue weighted by Gasteiger charge is 2.35. The fraction of sp³-hybridized carbons (Fsp3) is 0.318. The maximum atomic E-state index is 12.7. The molecule has 2 aromatic carbocycles. The standard InChI is InChI=1S/C22H21ClN2O5/c1-3-28-18-7-5-6-14(16(18)12-24)21-15-10-13(23)8-9-17(15)25-22(27)19(30-21)11-20(26)29-4-2/h5-10,19,21H,3-4,11H2,1-2H3,(H,25,27)/t19-,21-/m1/s1. The van der Waals surface area contributed by atoms with E-state index in [1.807, 2.05) is 6.92 Å². The molecule has 0 bridgehead atoms. The van der Waals surface area contributed by atoms with Crippen molar-refractivity contribution in [3.8, 4) is 11.8 Å². The van der Waals surface area contributed by atoms with Gasteiger partial charge in [-0.15, -0.1) is 0 Å². The van der Waals surface area contributed by atoms with E-state index in [2.05, 4.69) is 11.4 Å². The Kier molecular flexibility index (Phi) is 6.93. The van der Waals surface area contributed by atoms with Crippen LogP contribution >= 0.6 is 11.6 Å². The number of esters is 1. The number of halogens is 1. The topological polar surface area (TPSA) is 97.7 Å². The third kappa shape index (κ3) is 4.56. The van der Waals surface area contributed by atoms with E-state index in [1.165, 1.54) is 0 Å². The molecule has 2 atom stereocenters. The first-order valence-electron chi connectivity index (χ1n) is 9.55. The number of hydrogen-bond donors (Lipinski definition) is 1. The minimum Gasteiger partial charge on any atom is -0.492 e. The van der Waals surface area contributed by atoms with Gasteiger partial charge in [-0.1, -0.05) is 23.7 Å². The summed E-state index contributed by atoms with van der Waals surface area (Å²) in [6.07, 6.45) is -2.19. The lowest BCUT2D eigenvalue weighted by Gasteiger charge is -2.23. The molecule has 1 aliphatic heterocycles. The van der Waals surface area contributed by atoms with Crippen molar-refractivity contribution in [1.29, 1.82) is 5.26 Å². The Morgan fingerprint density at radius 2 is 2.03 bits per heavy atom. The highest BCUT2D eigenvalue weighted by Crippen LogP contribution is 2.40. The minimum absolute atomic E-state index is 0.196. The molecule has 7 nitrogen and oxygen atoms in total. The second kappa shape index (κ2) is 9.61. The minimum atomic E-state index is -1.11. The molecular formula is C22H21ClN2O5. The summed E-state index contributed by atoms with van der Waals surface area (Å²) in [7, 11) is 0. The fourth-order valence-corrected chi connectivity index (χ4v) is 3.47. The largest absolute Gasteiger partial charge is 0.492 e. The Hall–Kier alpha value is -3.08. The van der Waals surface area contributed by atoms with Gasteiger partial charge in [-0.2, -0.15) is 5.26 Å². The lowest BCUT2D eigenvalue weighted by atomic mass is 9.95. The van der Waals surface area contributed by atoms with Gasteiger partial charge in [0, 0.05) is 21.8 Å². The first kappa shape index (κ1) is 21.6. The molecule has 0 saturated heterocycles. The zero-order chi connectivity index (χ0) is 21.7. The zero-order valence-corrected chi connectivity index (χ0v) is 17.4. The number of nitrogens with zero attached hydrogens (tertiary/aromatic N) is 1. The Morgan fingerprint density at radius 1 is 1.23 bits per heavy atom. The van der Waals surface area contributed by atoms with Crippen molar-refractivity contribution >= 4 is 29.2 Å². The van der Waals surface area contributed by atoms with E-state index in [1.54, 1.807) is 43.3 Å². The van der Waals surface area contributed by atoms with Crippen molar-refractivity contribution in [3.63, 3.8) is 0 Å². The predicted molar refractivity (Wildman–Crippen MR) is 110 cm³/mol. The number of ether oxygens (including phenoxy) is 3. The summed E-state index contributed by atoms with van der Waals surface area (Å²) in [5.41, 5.74) is 1.87. The molecule has 30 heavy (non-hydrogen) atoms. The number of benzene rings is 2. The van der Waals surface area contributed by atoms with Crippen molar-refractivity contribution in [3.05, 3.63) is 58.1 Å². The number of rotatable bonds is 6. The van der Waals surface area contributed by atoms with E-state index in [9.17, 15) is 14.9 Å². The van der Waals surface area contributed by atoms with Crippen LogP contribution in [0, 0.1) is 11.3 Å². The van der Waals surface area contributed by atoms with E-state index < -0.39 is 24.1 Å². The fourth-order valence-electron chi connectivity index (χ4n) is 3.29. The number of amides is 1. The average molecular weight is 429 g/mol. The van der Waals surface area contributed by atoms with Crippen molar-refractivity contribution in [1.82, 2.24) is 0 Å². The van der Waals surface area contributed by atoms with Crippen LogP contribution in [0.25, 0.3) is 0 Å². The molecule has 1 aliphatic rings. The molecule has 0 aromatic heterocycles. The Balaban J connectivity index is 2.12. The zero-order valence-electron chi connectivity index (χ0n) is 16.6. The number of carbonyl (C=O) groups excluding carboxylic acids is 2. The van der Waals surface area contributed by atoms with Crippen molar-refractivity contribution in [2.75, 3.05) is 18.5 Å². The maximum absolute atomic E-state index is 12.7. The van der Waals surface area contributed by atoms with Gasteiger partial charge in [-0.05, 0) is 38.1 Å². The lowest BCUT2D eigenvalue weighted by Crippen LogP contribution is -2.32. The molecular weight excluding hydrogens is 408 g/mol. The van der Waals surface area contributed by atoms with Gasteiger partial charge >= 0.3 is 5.97 Å². The van der Waals surface area contributed by atoms with Gasteiger partial charge in [-0.25, -0.2) is 0 Å². The number of hydrogen-bond acceptors (Lipinski definition) is 6. The van der Waals surface area contributed by atoms with Crippen molar-refractivity contribution < 1.29 is 23.8 Å². The molecule has 0 spiro atoms. The van der Waals surface area contributed by atoms with E-state index in [0.717, 1.165) is 0 Å². The number of nitriles is 1. The highest BCUT2D eigenvalue weighted by molar-refractivity contribution is 6.30. The second-order valence-electron chi connectivity index (χ2n) is 6.50. The van der Waals surface area contributed by atoms with E-state index in [-0.39, 0.29) is 13.0 Å². The molecule has 8 heteroatoms. The molecule has 1 N–H and O–H groups in total. The second-order valence-corrected chi connectivity index (χ2v) is 6.94. The molecule has 1 heterocycles. The van der Waals surface area contributed by atoms with Crippen LogP contribution in [0.15, 0.2) is 36.4 Å². The van der Waals surface area contributed by atoms with Crippen molar-refractivity contribution in [2.24, 2.45) is 0 Å². The first-order chi connectivity index (χ1) is 14.5. The third-order valence-corrected chi connectivity index (χ3v) is 4.79. The van der Waals surface area contributed by atoms with Crippen LogP contribution in [-0.2, 0) is 19.1 Å². The monoisotopic (exact) mass is 428 g/mol. The Bertz CT molecular complexity index is 1000. The molecule has 0 saturated carbocycles. The summed E-state index contributed by atoms with van der Waals surface area (Å²) >= 11 is 6.20. The predicted octanol–water partition coefficient (Wildman–Crippen LogP) is 3.99. The van der Waals surface area contributed by atoms with E-state index in [0.29, 0.717) is 39.8 Å². The van der Waals surface area contributed by atoms with Crippen LogP contribution in [0.4, 0.5) is 5.69 Å². The number of carbonyl (C=O) groups is 2. The summed E-state index contributed by atoms with van der Waals surface area (Å²) in [5.74, 6) is -0.618. The van der Waals surface area contributed by atoms with Crippen LogP contribution < -0.4 is 10.1 Å². The summed E-state index contributed by atoms with van der Waals surface area (Å²) < 4.78 is 16.7. The molecule has 1 amide bonds. The Morgan fingerprint density at radius 3 is 2.73 bits per heavy atom. The van der Waals surface area contributed by atoms with Crippen LogP contribution in [-0.4, -0.2) is 31.2 Å². The highest BCUT2D eigenvalue weighted by atomic mass is 35.5. The molecule has 0 fully saturated rings. The quantitative estimate of drug-likeness (QED) is 0.698. The molecule has 0 aliphatic carbocycles. The van der Waals surface area contributed by atoms with Gasteiger partial charge in [0.2, 0.25) is 0 Å². The smallest absolute Gasteiger partial charge is 0.308 e. The van der Waals surface area contributed by atoms with Crippen LogP contribution in [0.5, 0.6) is 5.75 Å². The first-order valence-corrected chi connectivity index (χ1v) is 9.93. The molecule has 3 rings (SSSR count). The molecule has 156 valence electrons. The van der Waals surface area contributed by atoms with Gasteiger partial charge in [0.1, 0.15) is 29.6 Å². The van der Waals surface area contributed by atoms with E-state index in [4.69, 9.17) is 25.8 Å². The number of anilines is 1. The molecule has 2 aromatic rings. The van der Waals surface area contributed by atoms with E-state index >= 15 is 0 Å². The normalized spacial score (nSPS) is 17.9. The van der Waals surface area contributed by atoms with Gasteiger partial charge in [0.25, 0.3) is 5.91 Å².